The van der Waals surface area contributed by atoms with Gasteiger partial charge in [-0.3, -0.25) is 9.59 Å². The highest BCUT2D eigenvalue weighted by atomic mass is 35.5. The summed E-state index contributed by atoms with van der Waals surface area (Å²) in [4.78, 5) is 31.7. The van der Waals surface area contributed by atoms with Crippen LogP contribution in [0.5, 0.6) is 0 Å². The molecular formula is C31H36Cl2F5N5O2. The molecule has 0 bridgehead atoms. The monoisotopic (exact) mass is 675 g/mol. The van der Waals surface area contributed by atoms with E-state index in [9.17, 15) is 31.5 Å². The Morgan fingerprint density at radius 2 is 1.78 bits per heavy atom. The summed E-state index contributed by atoms with van der Waals surface area (Å²) in [5, 5.41) is 5.59. The van der Waals surface area contributed by atoms with Crippen molar-refractivity contribution in [3.05, 3.63) is 56.8 Å². The average molecular weight is 677 g/mol. The van der Waals surface area contributed by atoms with Crippen molar-refractivity contribution in [3.8, 4) is 0 Å². The van der Waals surface area contributed by atoms with Crippen molar-refractivity contribution in [3.63, 3.8) is 0 Å². The summed E-state index contributed by atoms with van der Waals surface area (Å²) in [7, 11) is 1.69. The first-order valence-electron chi connectivity index (χ1n) is 14.4. The molecule has 1 aromatic heterocycles. The van der Waals surface area contributed by atoms with E-state index in [2.05, 4.69) is 15.6 Å². The molecule has 0 spiro atoms. The number of hydrogen-bond acceptors (Lipinski definition) is 4. The summed E-state index contributed by atoms with van der Waals surface area (Å²) in [6.45, 7) is 7.43. The maximum atomic E-state index is 14.2. The molecule has 1 fully saturated rings. The summed E-state index contributed by atoms with van der Waals surface area (Å²) in [5.41, 5.74) is 1.22. The second-order valence-electron chi connectivity index (χ2n) is 12.8. The van der Waals surface area contributed by atoms with Gasteiger partial charge in [0.25, 0.3) is 11.8 Å². The lowest BCUT2D eigenvalue weighted by atomic mass is 9.95. The fourth-order valence-electron chi connectivity index (χ4n) is 5.21. The normalized spacial score (nSPS) is 16.0. The summed E-state index contributed by atoms with van der Waals surface area (Å²) in [6, 6.07) is 4.05. The van der Waals surface area contributed by atoms with Crippen LogP contribution < -0.4 is 15.5 Å². The molecule has 1 aliphatic rings. The Hall–Kier alpha value is -3.12. The third kappa shape index (κ3) is 7.65. The number of nitrogens with one attached hydrogen (secondary N) is 2. The number of carbonyl (C=O) groups is 2. The SMILES string of the molecule is CC(C)C(NC(=O)c1cc2nc(Cc3c(Cl)ccc(CNC(=O)C(C)(C)C)c3Cl)n(C)c2cc1N1CCC(F)(F)C1)C(F)(F)F. The number of rotatable bonds is 8. The highest BCUT2D eigenvalue weighted by molar-refractivity contribution is 6.36. The van der Waals surface area contributed by atoms with Crippen LogP contribution in [-0.2, 0) is 24.8 Å². The van der Waals surface area contributed by atoms with E-state index in [0.717, 1.165) is 0 Å². The molecule has 246 valence electrons. The van der Waals surface area contributed by atoms with Crippen molar-refractivity contribution in [2.24, 2.45) is 18.4 Å². The lowest BCUT2D eigenvalue weighted by molar-refractivity contribution is -0.162. The summed E-state index contributed by atoms with van der Waals surface area (Å²) in [6.07, 6.45) is -5.04. The number of halogens is 7. The summed E-state index contributed by atoms with van der Waals surface area (Å²) < 4.78 is 71.3. The number of anilines is 1. The minimum atomic E-state index is -4.71. The lowest BCUT2D eigenvalue weighted by Gasteiger charge is -2.27. The third-order valence-electron chi connectivity index (χ3n) is 7.87. The van der Waals surface area contributed by atoms with Crippen LogP contribution >= 0.6 is 23.2 Å². The molecule has 0 radical (unpaired) electrons. The Morgan fingerprint density at radius 3 is 2.33 bits per heavy atom. The topological polar surface area (TPSA) is 79.3 Å². The number of imidazole rings is 1. The number of benzene rings is 2. The van der Waals surface area contributed by atoms with Gasteiger partial charge in [0, 0.05) is 43.4 Å². The second-order valence-corrected chi connectivity index (χ2v) is 13.6. The minimum Gasteiger partial charge on any atom is -0.365 e. The summed E-state index contributed by atoms with van der Waals surface area (Å²) in [5.74, 6) is -4.73. The van der Waals surface area contributed by atoms with Crippen molar-refractivity contribution in [1.29, 1.82) is 0 Å². The molecule has 1 saturated heterocycles. The standard InChI is InChI=1S/C31H36Cl2F5N5O2/c1-16(2)26(31(36,37)38)41-27(44)19-11-21-23(13-22(19)43-10-9-30(34,35)15-43)42(6)24(40-21)12-18-20(32)8-7-17(25(18)33)14-39-28(45)29(3,4)5/h7-8,11,13,16,26H,9-10,12,14-15H2,1-6H3,(H,39,45)(H,41,44). The van der Waals surface area contributed by atoms with Gasteiger partial charge in [-0.15, -0.1) is 0 Å². The van der Waals surface area contributed by atoms with Crippen LogP contribution in [0.15, 0.2) is 24.3 Å². The van der Waals surface area contributed by atoms with Gasteiger partial charge in [0.2, 0.25) is 5.91 Å². The Morgan fingerprint density at radius 1 is 1.11 bits per heavy atom. The van der Waals surface area contributed by atoms with Crippen LogP contribution in [-0.4, -0.2) is 52.6 Å². The number of alkyl halides is 5. The maximum Gasteiger partial charge on any atom is 0.408 e. The van der Waals surface area contributed by atoms with E-state index in [1.54, 1.807) is 44.5 Å². The van der Waals surface area contributed by atoms with Crippen LogP contribution in [0.1, 0.15) is 68.3 Å². The average Bonchev–Trinajstić information content (AvgIpc) is 3.44. The molecule has 2 amide bonds. The fourth-order valence-corrected chi connectivity index (χ4v) is 5.78. The van der Waals surface area contributed by atoms with E-state index in [0.29, 0.717) is 32.5 Å². The van der Waals surface area contributed by atoms with Gasteiger partial charge < -0.3 is 20.1 Å². The minimum absolute atomic E-state index is 0.0832. The molecule has 1 atom stereocenters. The number of aryl methyl sites for hydroxylation is 1. The number of carbonyl (C=O) groups excluding carboxylic acids is 2. The van der Waals surface area contributed by atoms with Crippen molar-refractivity contribution in [2.75, 3.05) is 18.0 Å². The largest absolute Gasteiger partial charge is 0.408 e. The maximum absolute atomic E-state index is 14.2. The molecule has 3 aromatic rings. The molecule has 2 heterocycles. The Kier molecular flexibility index (Phi) is 9.72. The quantitative estimate of drug-likeness (QED) is 0.246. The predicted molar refractivity (Wildman–Crippen MR) is 165 cm³/mol. The van der Waals surface area contributed by atoms with Gasteiger partial charge in [0.1, 0.15) is 11.9 Å². The van der Waals surface area contributed by atoms with Gasteiger partial charge in [-0.1, -0.05) is 63.9 Å². The molecule has 0 saturated carbocycles. The zero-order valence-corrected chi connectivity index (χ0v) is 27.3. The molecule has 1 unspecified atom stereocenters. The third-order valence-corrected chi connectivity index (χ3v) is 8.70. The van der Waals surface area contributed by atoms with Gasteiger partial charge in [-0.25, -0.2) is 13.8 Å². The van der Waals surface area contributed by atoms with E-state index in [-0.39, 0.29) is 42.2 Å². The van der Waals surface area contributed by atoms with Crippen molar-refractivity contribution < 1.29 is 31.5 Å². The highest BCUT2D eigenvalue weighted by Crippen LogP contribution is 2.37. The first kappa shape index (κ1) is 34.7. The first-order valence-corrected chi connectivity index (χ1v) is 15.2. The van der Waals surface area contributed by atoms with E-state index in [1.807, 2.05) is 0 Å². The van der Waals surface area contributed by atoms with E-state index < -0.39 is 48.3 Å². The van der Waals surface area contributed by atoms with Crippen LogP contribution in [0.2, 0.25) is 10.0 Å². The highest BCUT2D eigenvalue weighted by Gasteiger charge is 2.44. The summed E-state index contributed by atoms with van der Waals surface area (Å²) >= 11 is 13.3. The van der Waals surface area contributed by atoms with Gasteiger partial charge in [-0.2, -0.15) is 13.2 Å². The molecule has 1 aliphatic heterocycles. The molecule has 0 aliphatic carbocycles. The first-order chi connectivity index (χ1) is 20.7. The van der Waals surface area contributed by atoms with Crippen molar-refractivity contribution in [2.45, 2.75) is 72.1 Å². The molecule has 45 heavy (non-hydrogen) atoms. The van der Waals surface area contributed by atoms with Gasteiger partial charge in [0.15, 0.2) is 0 Å². The predicted octanol–water partition coefficient (Wildman–Crippen LogP) is 7.30. The number of aromatic nitrogens is 2. The number of amides is 2. The Labute approximate surface area is 268 Å². The Balaban J connectivity index is 1.74. The zero-order valence-electron chi connectivity index (χ0n) is 25.8. The van der Waals surface area contributed by atoms with E-state index in [4.69, 9.17) is 23.2 Å². The number of nitrogens with zero attached hydrogens (tertiary/aromatic N) is 3. The molecule has 7 nitrogen and oxygen atoms in total. The van der Waals surface area contributed by atoms with Gasteiger partial charge in [-0.05, 0) is 35.2 Å². The zero-order chi connectivity index (χ0) is 33.6. The van der Waals surface area contributed by atoms with Gasteiger partial charge in [0.05, 0.1) is 33.9 Å². The van der Waals surface area contributed by atoms with Crippen LogP contribution in [0, 0.1) is 11.3 Å². The van der Waals surface area contributed by atoms with E-state index in [1.165, 1.54) is 30.9 Å². The molecule has 4 rings (SSSR count). The lowest BCUT2D eigenvalue weighted by Crippen LogP contribution is -2.49. The van der Waals surface area contributed by atoms with Crippen LogP contribution in [0.3, 0.4) is 0 Å². The molecular weight excluding hydrogens is 640 g/mol. The molecule has 2 aromatic carbocycles. The van der Waals surface area contributed by atoms with Crippen molar-refractivity contribution >= 4 is 51.7 Å². The van der Waals surface area contributed by atoms with E-state index >= 15 is 0 Å². The smallest absolute Gasteiger partial charge is 0.365 e. The van der Waals surface area contributed by atoms with Crippen LogP contribution in [0.4, 0.5) is 27.6 Å². The molecule has 14 heteroatoms. The number of hydrogen-bond donors (Lipinski definition) is 2. The number of fused-ring (bicyclic) bond motifs is 1. The fraction of sp³-hybridized carbons (Fsp3) is 0.516. The van der Waals surface area contributed by atoms with Crippen molar-refractivity contribution in [1.82, 2.24) is 20.2 Å². The van der Waals surface area contributed by atoms with Gasteiger partial charge >= 0.3 is 6.18 Å². The Bertz CT molecular complexity index is 1610. The molecule has 2 N–H and O–H groups in total. The van der Waals surface area contributed by atoms with Crippen LogP contribution in [0.25, 0.3) is 11.0 Å². The second kappa shape index (κ2) is 12.6.